The van der Waals surface area contributed by atoms with E-state index in [2.05, 4.69) is 5.32 Å². The quantitative estimate of drug-likeness (QED) is 0.881. The smallest absolute Gasteiger partial charge is 0.256 e. The van der Waals surface area contributed by atoms with E-state index in [1.807, 2.05) is 30.3 Å². The van der Waals surface area contributed by atoms with Crippen molar-refractivity contribution in [2.45, 2.75) is 12.5 Å². The van der Waals surface area contributed by atoms with Crippen molar-refractivity contribution in [3.05, 3.63) is 60.4 Å². The molecule has 3 rings (SSSR count). The highest BCUT2D eigenvalue weighted by atomic mass is 19.1. The van der Waals surface area contributed by atoms with E-state index in [0.717, 1.165) is 10.6 Å². The van der Waals surface area contributed by atoms with Crippen molar-refractivity contribution >= 4 is 23.2 Å². The predicted molar refractivity (Wildman–Crippen MR) is 77.4 cm³/mol. The van der Waals surface area contributed by atoms with Crippen molar-refractivity contribution in [3.8, 4) is 0 Å². The first-order valence-corrected chi connectivity index (χ1v) is 6.59. The Kier molecular flexibility index (Phi) is 3.39. The Morgan fingerprint density at radius 3 is 2.52 bits per heavy atom. The Labute approximate surface area is 121 Å². The second kappa shape index (κ2) is 5.36. The zero-order valence-corrected chi connectivity index (χ0v) is 11.1. The molecule has 0 aliphatic carbocycles. The molecule has 0 saturated carbocycles. The normalized spacial score (nSPS) is 18.1. The number of hydrogen-bond acceptors (Lipinski definition) is 3. The van der Waals surface area contributed by atoms with Crippen LogP contribution in [0.1, 0.15) is 6.42 Å². The van der Waals surface area contributed by atoms with Gasteiger partial charge in [-0.2, -0.15) is 0 Å². The second-order valence-electron chi connectivity index (χ2n) is 4.81. The lowest BCUT2D eigenvalue weighted by atomic mass is 10.2. The summed E-state index contributed by atoms with van der Waals surface area (Å²) in [6.07, 6.45) is 0.0598. The molecule has 1 aliphatic heterocycles. The Morgan fingerprint density at radius 1 is 1.05 bits per heavy atom. The van der Waals surface area contributed by atoms with E-state index in [1.165, 1.54) is 18.2 Å². The van der Waals surface area contributed by atoms with Crippen molar-refractivity contribution < 1.29 is 14.0 Å². The van der Waals surface area contributed by atoms with Crippen LogP contribution >= 0.6 is 0 Å². The van der Waals surface area contributed by atoms with Crippen LogP contribution in [0.4, 0.5) is 15.8 Å². The number of hydrogen-bond donors (Lipinski definition) is 1. The summed E-state index contributed by atoms with van der Waals surface area (Å²) in [6, 6.07) is 14.0. The topological polar surface area (TPSA) is 49.4 Å². The summed E-state index contributed by atoms with van der Waals surface area (Å²) in [5.41, 5.74) is 1.03. The molecule has 2 aromatic rings. The van der Waals surface area contributed by atoms with Gasteiger partial charge in [0.2, 0.25) is 5.91 Å². The van der Waals surface area contributed by atoms with E-state index in [9.17, 15) is 14.0 Å². The van der Waals surface area contributed by atoms with E-state index in [-0.39, 0.29) is 23.9 Å². The predicted octanol–water partition coefficient (Wildman–Crippen LogP) is 2.57. The zero-order chi connectivity index (χ0) is 14.8. The first-order valence-electron chi connectivity index (χ1n) is 6.59. The maximum absolute atomic E-state index is 13.3. The van der Waals surface area contributed by atoms with Gasteiger partial charge in [-0.1, -0.05) is 24.3 Å². The van der Waals surface area contributed by atoms with Crippen LogP contribution < -0.4 is 10.2 Å². The van der Waals surface area contributed by atoms with Gasteiger partial charge in [0.25, 0.3) is 5.91 Å². The molecule has 2 aromatic carbocycles. The van der Waals surface area contributed by atoms with Gasteiger partial charge in [0.1, 0.15) is 11.9 Å². The van der Waals surface area contributed by atoms with Gasteiger partial charge in [0.15, 0.2) is 0 Å². The molecule has 5 heteroatoms. The van der Waals surface area contributed by atoms with Gasteiger partial charge in [-0.05, 0) is 30.3 Å². The third-order valence-corrected chi connectivity index (χ3v) is 3.33. The van der Waals surface area contributed by atoms with Crippen molar-refractivity contribution in [1.29, 1.82) is 0 Å². The van der Waals surface area contributed by atoms with Crippen LogP contribution in [0, 0.1) is 5.82 Å². The van der Waals surface area contributed by atoms with E-state index in [0.29, 0.717) is 0 Å². The lowest BCUT2D eigenvalue weighted by molar-refractivity contribution is -0.121. The SMILES string of the molecule is O=C1CC(Nc2ccccc2)C(=O)N1c1cccc(F)c1. The molecule has 0 radical (unpaired) electrons. The average molecular weight is 284 g/mol. The number of amides is 2. The number of anilines is 2. The van der Waals surface area contributed by atoms with E-state index in [1.54, 1.807) is 6.07 Å². The Bertz CT molecular complexity index is 688. The third-order valence-electron chi connectivity index (χ3n) is 3.33. The summed E-state index contributed by atoms with van der Waals surface area (Å²) in [7, 11) is 0. The van der Waals surface area contributed by atoms with Gasteiger partial charge in [0, 0.05) is 5.69 Å². The number of nitrogens with one attached hydrogen (secondary N) is 1. The highest BCUT2D eigenvalue weighted by Crippen LogP contribution is 2.25. The third kappa shape index (κ3) is 2.63. The molecule has 2 amide bonds. The fourth-order valence-electron chi connectivity index (χ4n) is 2.37. The molecular formula is C16H13FN2O2. The molecule has 106 valence electrons. The van der Waals surface area contributed by atoms with Crippen LogP contribution in [0.2, 0.25) is 0 Å². The highest BCUT2D eigenvalue weighted by Gasteiger charge is 2.39. The number of carbonyl (C=O) groups is 2. The Balaban J connectivity index is 1.82. The summed E-state index contributed by atoms with van der Waals surface area (Å²) in [5.74, 6) is -1.18. The van der Waals surface area contributed by atoms with Crippen molar-refractivity contribution in [3.63, 3.8) is 0 Å². The lowest BCUT2D eigenvalue weighted by Crippen LogP contribution is -2.34. The standard InChI is InChI=1S/C16H13FN2O2/c17-11-5-4-8-13(9-11)19-15(20)10-14(16(19)21)18-12-6-2-1-3-7-12/h1-9,14,18H,10H2. The second-order valence-corrected chi connectivity index (χ2v) is 4.81. The van der Waals surface area contributed by atoms with Crippen LogP contribution in [0.5, 0.6) is 0 Å². The van der Waals surface area contributed by atoms with Gasteiger partial charge < -0.3 is 5.32 Å². The largest absolute Gasteiger partial charge is 0.373 e. The number of imide groups is 1. The first kappa shape index (κ1) is 13.3. The van der Waals surface area contributed by atoms with Crippen LogP contribution in [-0.2, 0) is 9.59 Å². The first-order chi connectivity index (χ1) is 10.1. The fourth-order valence-corrected chi connectivity index (χ4v) is 2.37. The summed E-state index contributed by atoms with van der Waals surface area (Å²) in [6.45, 7) is 0. The number of nitrogens with zero attached hydrogens (tertiary/aromatic N) is 1. The van der Waals surface area contributed by atoms with Crippen LogP contribution in [0.15, 0.2) is 54.6 Å². The summed E-state index contributed by atoms with van der Waals surface area (Å²) in [4.78, 5) is 25.4. The number of rotatable bonds is 3. The monoisotopic (exact) mass is 284 g/mol. The molecule has 1 heterocycles. The van der Waals surface area contributed by atoms with Crippen molar-refractivity contribution in [2.24, 2.45) is 0 Å². The van der Waals surface area contributed by atoms with Gasteiger partial charge in [-0.15, -0.1) is 0 Å². The van der Waals surface area contributed by atoms with Crippen molar-refractivity contribution in [1.82, 2.24) is 0 Å². The molecule has 1 N–H and O–H groups in total. The zero-order valence-electron chi connectivity index (χ0n) is 11.1. The maximum atomic E-state index is 13.3. The van der Waals surface area contributed by atoms with Crippen LogP contribution in [0.25, 0.3) is 0 Å². The lowest BCUT2D eigenvalue weighted by Gasteiger charge is -2.16. The molecule has 21 heavy (non-hydrogen) atoms. The molecule has 4 nitrogen and oxygen atoms in total. The Hall–Kier alpha value is -2.69. The van der Waals surface area contributed by atoms with Gasteiger partial charge in [-0.3, -0.25) is 9.59 Å². The minimum Gasteiger partial charge on any atom is -0.373 e. The number of benzene rings is 2. The number of carbonyl (C=O) groups excluding carboxylic acids is 2. The summed E-state index contributed by atoms with van der Waals surface area (Å²) in [5, 5.41) is 3.03. The molecule has 0 bridgehead atoms. The molecule has 1 atom stereocenters. The van der Waals surface area contributed by atoms with Gasteiger partial charge in [-0.25, -0.2) is 9.29 Å². The van der Waals surface area contributed by atoms with Crippen LogP contribution in [-0.4, -0.2) is 17.9 Å². The molecule has 0 spiro atoms. The van der Waals surface area contributed by atoms with E-state index >= 15 is 0 Å². The maximum Gasteiger partial charge on any atom is 0.256 e. The Morgan fingerprint density at radius 2 is 1.81 bits per heavy atom. The van der Waals surface area contributed by atoms with Crippen LogP contribution in [0.3, 0.4) is 0 Å². The number of para-hydroxylation sites is 1. The summed E-state index contributed by atoms with van der Waals surface area (Å²) < 4.78 is 13.3. The minimum atomic E-state index is -0.622. The minimum absolute atomic E-state index is 0.0598. The molecule has 1 fully saturated rings. The fraction of sp³-hybridized carbons (Fsp3) is 0.125. The molecule has 1 unspecified atom stereocenters. The van der Waals surface area contributed by atoms with Crippen molar-refractivity contribution in [2.75, 3.05) is 10.2 Å². The highest BCUT2D eigenvalue weighted by molar-refractivity contribution is 6.23. The van der Waals surface area contributed by atoms with E-state index < -0.39 is 11.9 Å². The summed E-state index contributed by atoms with van der Waals surface area (Å²) >= 11 is 0. The van der Waals surface area contributed by atoms with Gasteiger partial charge in [0.05, 0.1) is 12.1 Å². The molecule has 0 aromatic heterocycles. The average Bonchev–Trinajstić information content (AvgIpc) is 2.74. The molecular weight excluding hydrogens is 271 g/mol. The van der Waals surface area contributed by atoms with Gasteiger partial charge >= 0.3 is 0 Å². The molecule has 1 saturated heterocycles. The number of halogens is 1. The molecule has 1 aliphatic rings. The van der Waals surface area contributed by atoms with E-state index in [4.69, 9.17) is 0 Å².